The maximum Gasteiger partial charge on any atom is 0.114 e. The van der Waals surface area contributed by atoms with Gasteiger partial charge in [0.05, 0.1) is 0 Å². The second-order valence-electron chi connectivity index (χ2n) is 9.31. The quantitative estimate of drug-likeness (QED) is 0.0640. The number of nitrogens with two attached hydrogens (primary N) is 1. The molecule has 6 nitrogen and oxygen atoms in total. The van der Waals surface area contributed by atoms with Gasteiger partial charge in [0.25, 0.3) is 0 Å². The predicted octanol–water partition coefficient (Wildman–Crippen LogP) is 9.37. The third-order valence-corrected chi connectivity index (χ3v) is 5.64. The van der Waals surface area contributed by atoms with Crippen LogP contribution < -0.4 is 11.1 Å². The molecule has 0 aromatic heterocycles. The van der Waals surface area contributed by atoms with Crippen LogP contribution in [0.1, 0.15) is 108 Å². The lowest BCUT2D eigenvalue weighted by Crippen LogP contribution is -2.23. The zero-order valence-corrected chi connectivity index (χ0v) is 28.4. The lowest BCUT2D eigenvalue weighted by molar-refractivity contribution is 0.509. The zero-order valence-electron chi connectivity index (χ0n) is 28.4. The second kappa shape index (κ2) is 31.4. The fourth-order valence-electron chi connectivity index (χ4n) is 2.98. The Morgan fingerprint density at radius 2 is 1.68 bits per heavy atom. The molecule has 6 heteroatoms. The Labute approximate surface area is 254 Å². The number of hydrogen-bond donors (Lipinski definition) is 2. The minimum Gasteiger partial charge on any atom is -0.405 e. The van der Waals surface area contributed by atoms with E-state index in [0.717, 1.165) is 42.5 Å². The highest BCUT2D eigenvalue weighted by Gasteiger charge is 2.24. The van der Waals surface area contributed by atoms with Crippen LogP contribution in [-0.2, 0) is 0 Å². The van der Waals surface area contributed by atoms with E-state index >= 15 is 0 Å². The lowest BCUT2D eigenvalue weighted by Gasteiger charge is -2.14. The molecule has 1 saturated carbocycles. The van der Waals surface area contributed by atoms with Gasteiger partial charge in [0.15, 0.2) is 0 Å². The van der Waals surface area contributed by atoms with Crippen LogP contribution in [0.2, 0.25) is 0 Å². The van der Waals surface area contributed by atoms with Crippen LogP contribution in [0.5, 0.6) is 0 Å². The summed E-state index contributed by atoms with van der Waals surface area (Å²) in [5.74, 6) is 0.463. The van der Waals surface area contributed by atoms with Crippen LogP contribution >= 0.6 is 0 Å². The van der Waals surface area contributed by atoms with Crippen molar-refractivity contribution in [2.24, 2.45) is 26.8 Å². The topological polar surface area (TPSA) is 78.4 Å². The van der Waals surface area contributed by atoms with Gasteiger partial charge in [-0.3, -0.25) is 4.99 Å². The molecule has 0 heterocycles. The average molecular weight is 569 g/mol. The van der Waals surface area contributed by atoms with Gasteiger partial charge in [-0.25, -0.2) is 0 Å². The third-order valence-electron chi connectivity index (χ3n) is 5.64. The number of allylic oxidation sites excluding steroid dienone is 8. The summed E-state index contributed by atoms with van der Waals surface area (Å²) in [4.78, 5) is 6.64. The summed E-state index contributed by atoms with van der Waals surface area (Å²) in [5, 5.41) is 11.7. The summed E-state index contributed by atoms with van der Waals surface area (Å²) in [6, 6.07) is 0.939. The van der Waals surface area contributed by atoms with E-state index in [-0.39, 0.29) is 6.04 Å². The van der Waals surface area contributed by atoms with E-state index in [2.05, 4.69) is 84.8 Å². The molecule has 0 aromatic rings. The monoisotopic (exact) mass is 569 g/mol. The first kappa shape index (κ1) is 42.3. The molecule has 1 rings (SSSR count). The minimum atomic E-state index is 0.278. The van der Waals surface area contributed by atoms with Crippen LogP contribution in [0, 0.1) is 5.92 Å². The molecule has 0 bridgehead atoms. The maximum atomic E-state index is 5.71. The fourth-order valence-corrected chi connectivity index (χ4v) is 2.98. The first-order chi connectivity index (χ1) is 19.8. The SMILES string of the molecule is C=CCC.CC.CC.C\C=C/C(=C\N=CC(C)CC)C(/C=C\N)=C/CC(C)N/C(C)=C/C/C=N/N=C\N(C)C1CC1. The van der Waals surface area contributed by atoms with Crippen molar-refractivity contribution >= 4 is 18.8 Å². The molecule has 234 valence electrons. The van der Waals surface area contributed by atoms with E-state index < -0.39 is 0 Å². The Balaban J connectivity index is -0.00000162. The van der Waals surface area contributed by atoms with Crippen molar-refractivity contribution in [3.05, 3.63) is 72.3 Å². The lowest BCUT2D eigenvalue weighted by atomic mass is 10.0. The molecule has 1 aliphatic carbocycles. The van der Waals surface area contributed by atoms with E-state index in [0.29, 0.717) is 12.0 Å². The van der Waals surface area contributed by atoms with Crippen molar-refractivity contribution in [2.45, 2.75) is 120 Å². The average Bonchev–Trinajstić information content (AvgIpc) is 3.84. The third kappa shape index (κ3) is 26.8. The molecule has 1 fully saturated rings. The molecule has 41 heavy (non-hydrogen) atoms. The maximum absolute atomic E-state index is 5.71. The molecule has 0 aliphatic heterocycles. The highest BCUT2D eigenvalue weighted by molar-refractivity contribution is 5.62. The van der Waals surface area contributed by atoms with Crippen molar-refractivity contribution in [3.8, 4) is 0 Å². The highest BCUT2D eigenvalue weighted by Crippen LogP contribution is 2.23. The van der Waals surface area contributed by atoms with E-state index in [1.807, 2.05) is 78.5 Å². The molecule has 0 radical (unpaired) electrons. The van der Waals surface area contributed by atoms with Crippen molar-refractivity contribution in [2.75, 3.05) is 7.05 Å². The van der Waals surface area contributed by atoms with Gasteiger partial charge in [-0.1, -0.05) is 78.8 Å². The molecular formula is C35H64N6. The summed E-state index contributed by atoms with van der Waals surface area (Å²) in [5.41, 5.74) is 8.94. The summed E-state index contributed by atoms with van der Waals surface area (Å²) in [6.45, 7) is 24.1. The molecular weight excluding hydrogens is 504 g/mol. The van der Waals surface area contributed by atoms with Gasteiger partial charge in [-0.05, 0) is 82.2 Å². The number of nitrogens with one attached hydrogen (secondary N) is 1. The van der Waals surface area contributed by atoms with E-state index in [9.17, 15) is 0 Å². The van der Waals surface area contributed by atoms with Crippen molar-refractivity contribution in [1.82, 2.24) is 10.2 Å². The zero-order chi connectivity index (χ0) is 31.9. The molecule has 0 spiro atoms. The summed E-state index contributed by atoms with van der Waals surface area (Å²) in [6.07, 6.45) is 27.6. The second-order valence-corrected chi connectivity index (χ2v) is 9.31. The number of nitrogens with zero attached hydrogens (tertiary/aromatic N) is 4. The molecule has 0 aromatic carbocycles. The van der Waals surface area contributed by atoms with Crippen molar-refractivity contribution in [3.63, 3.8) is 0 Å². The molecule has 2 unspecified atom stereocenters. The van der Waals surface area contributed by atoms with Crippen LogP contribution in [0.15, 0.2) is 87.5 Å². The van der Waals surface area contributed by atoms with Gasteiger partial charge in [0, 0.05) is 49.9 Å². The highest BCUT2D eigenvalue weighted by atomic mass is 15.3. The van der Waals surface area contributed by atoms with Crippen LogP contribution in [0.3, 0.4) is 0 Å². The molecule has 0 amide bonds. The first-order valence-corrected chi connectivity index (χ1v) is 15.6. The Hall–Kier alpha value is -3.15. The van der Waals surface area contributed by atoms with Crippen molar-refractivity contribution < 1.29 is 0 Å². The van der Waals surface area contributed by atoms with Crippen LogP contribution in [0.25, 0.3) is 0 Å². The van der Waals surface area contributed by atoms with Gasteiger partial charge in [0.1, 0.15) is 6.34 Å². The predicted molar refractivity (Wildman–Crippen MR) is 189 cm³/mol. The Morgan fingerprint density at radius 3 is 2.20 bits per heavy atom. The fraction of sp³-hybridized carbons (Fsp3) is 0.571. The molecule has 3 N–H and O–H groups in total. The van der Waals surface area contributed by atoms with Crippen molar-refractivity contribution in [1.29, 1.82) is 0 Å². The van der Waals surface area contributed by atoms with Gasteiger partial charge >= 0.3 is 0 Å². The molecule has 0 saturated heterocycles. The van der Waals surface area contributed by atoms with Crippen LogP contribution in [-0.4, -0.2) is 42.8 Å². The van der Waals surface area contributed by atoms with E-state index in [1.165, 1.54) is 12.8 Å². The Kier molecular flexibility index (Phi) is 32.4. The number of hydrogen-bond acceptors (Lipinski definition) is 5. The summed E-state index contributed by atoms with van der Waals surface area (Å²) >= 11 is 0. The van der Waals surface area contributed by atoms with Gasteiger partial charge in [-0.2, -0.15) is 5.10 Å². The smallest absolute Gasteiger partial charge is 0.114 e. The number of rotatable bonds is 16. The summed E-state index contributed by atoms with van der Waals surface area (Å²) in [7, 11) is 2.05. The van der Waals surface area contributed by atoms with Gasteiger partial charge < -0.3 is 16.0 Å². The van der Waals surface area contributed by atoms with Crippen LogP contribution in [0.4, 0.5) is 0 Å². The minimum absolute atomic E-state index is 0.278. The largest absolute Gasteiger partial charge is 0.405 e. The Morgan fingerprint density at radius 1 is 1.05 bits per heavy atom. The molecule has 1 aliphatic rings. The van der Waals surface area contributed by atoms with E-state index in [4.69, 9.17) is 5.73 Å². The molecule has 2 atom stereocenters. The standard InChI is InChI=1S/C27H44N6.C4H8.2C2H6/c1-7-10-26(20-29-19-22(3)8-2)25(16-17-28)13-12-24(5)32-23(4)11-9-18-30-31-21-33(6)27-14-15-27;1-3-4-2;2*1-2/h7,10-11,13,16-22,24,27,32H,8-9,12,14-15,28H2,1-6H3;3H,1,4H2,2H3;2*1-2H3/b10-7-,17-16-,23-11+,25-13+,26-20+,29-19?,30-18+,31-21-;;;. The Bertz CT molecular complexity index is 854. The van der Waals surface area contributed by atoms with Gasteiger partial charge in [-0.15, -0.1) is 11.7 Å². The first-order valence-electron chi connectivity index (χ1n) is 15.6. The normalized spacial score (nSPS) is 15.7. The van der Waals surface area contributed by atoms with E-state index in [1.54, 1.807) is 12.5 Å². The van der Waals surface area contributed by atoms with Gasteiger partial charge in [0.2, 0.25) is 0 Å². The summed E-state index contributed by atoms with van der Waals surface area (Å²) < 4.78 is 0. The number of aliphatic imine (C=N–C) groups is 1.